The van der Waals surface area contributed by atoms with Gasteiger partial charge in [0.1, 0.15) is 5.78 Å². The van der Waals surface area contributed by atoms with E-state index >= 15 is 0 Å². The monoisotopic (exact) mass is 195 g/mol. The Hall–Kier alpha value is -0.370. The number of hydrogen-bond donors (Lipinski definition) is 0. The summed E-state index contributed by atoms with van der Waals surface area (Å²) in [5.74, 6) is 2.13. The second kappa shape index (κ2) is 4.01. The van der Waals surface area contributed by atoms with Crippen molar-refractivity contribution in [3.05, 3.63) is 0 Å². The van der Waals surface area contributed by atoms with Gasteiger partial charge in [0.05, 0.1) is 0 Å². The van der Waals surface area contributed by atoms with Crippen molar-refractivity contribution in [2.45, 2.75) is 33.1 Å². The number of Topliss-reactive ketones (excluding diaryl/α,β-unsaturated/α-hetero) is 1. The van der Waals surface area contributed by atoms with Crippen LogP contribution < -0.4 is 0 Å². The van der Waals surface area contributed by atoms with E-state index in [1.165, 1.54) is 19.3 Å². The normalized spacial score (nSPS) is 35.9. The number of ketones is 1. The Balaban J connectivity index is 1.95. The second-order valence-electron chi connectivity index (χ2n) is 4.76. The predicted molar refractivity (Wildman–Crippen MR) is 57.1 cm³/mol. The van der Waals surface area contributed by atoms with E-state index in [0.29, 0.717) is 17.6 Å². The van der Waals surface area contributed by atoms with Crippen molar-refractivity contribution in [2.75, 3.05) is 19.6 Å². The fourth-order valence-corrected chi connectivity index (χ4v) is 3.17. The molecule has 0 aromatic rings. The molecule has 0 N–H and O–H groups in total. The molecule has 0 saturated heterocycles. The summed E-state index contributed by atoms with van der Waals surface area (Å²) in [4.78, 5) is 14.3. The molecule has 0 aromatic carbocycles. The molecule has 2 heteroatoms. The number of hydrogen-bond acceptors (Lipinski definition) is 2. The molecule has 3 unspecified atom stereocenters. The lowest BCUT2D eigenvalue weighted by molar-refractivity contribution is -0.126. The fraction of sp³-hybridized carbons (Fsp3) is 0.917. The first-order valence-corrected chi connectivity index (χ1v) is 6.02. The van der Waals surface area contributed by atoms with Gasteiger partial charge in [-0.15, -0.1) is 0 Å². The molecule has 14 heavy (non-hydrogen) atoms. The molecule has 3 atom stereocenters. The van der Waals surface area contributed by atoms with Gasteiger partial charge in [-0.05, 0) is 38.3 Å². The Morgan fingerprint density at radius 2 is 2.00 bits per heavy atom. The Morgan fingerprint density at radius 3 is 2.50 bits per heavy atom. The minimum atomic E-state index is 0.383. The highest BCUT2D eigenvalue weighted by molar-refractivity contribution is 5.87. The summed E-state index contributed by atoms with van der Waals surface area (Å²) in [6.07, 6.45) is 3.69. The first-order valence-electron chi connectivity index (χ1n) is 6.02. The van der Waals surface area contributed by atoms with Crippen LogP contribution in [0.25, 0.3) is 0 Å². The number of rotatable bonds is 4. The fourth-order valence-electron chi connectivity index (χ4n) is 3.17. The summed E-state index contributed by atoms with van der Waals surface area (Å²) in [5, 5.41) is 0. The van der Waals surface area contributed by atoms with Crippen molar-refractivity contribution in [3.63, 3.8) is 0 Å². The quantitative estimate of drug-likeness (QED) is 0.683. The number of carbonyl (C=O) groups is 1. The van der Waals surface area contributed by atoms with E-state index in [0.717, 1.165) is 25.6 Å². The predicted octanol–water partition coefficient (Wildman–Crippen LogP) is 1.94. The Bertz CT molecular complexity index is 222. The van der Waals surface area contributed by atoms with E-state index in [1.807, 2.05) is 0 Å². The highest BCUT2D eigenvalue weighted by Crippen LogP contribution is 2.45. The van der Waals surface area contributed by atoms with Crippen molar-refractivity contribution in [2.24, 2.45) is 17.8 Å². The van der Waals surface area contributed by atoms with E-state index in [-0.39, 0.29) is 0 Å². The summed E-state index contributed by atoms with van der Waals surface area (Å²) in [6.45, 7) is 7.55. The van der Waals surface area contributed by atoms with Crippen LogP contribution in [0.5, 0.6) is 0 Å². The maximum absolute atomic E-state index is 11.9. The largest absolute Gasteiger partial charge is 0.303 e. The zero-order chi connectivity index (χ0) is 10.1. The highest BCUT2D eigenvalue weighted by atomic mass is 16.1. The lowest BCUT2D eigenvalue weighted by Gasteiger charge is -2.27. The molecule has 0 radical (unpaired) electrons. The molecule has 2 saturated carbocycles. The van der Waals surface area contributed by atoms with E-state index in [4.69, 9.17) is 0 Å². The lowest BCUT2D eigenvalue weighted by Crippen LogP contribution is -2.35. The van der Waals surface area contributed by atoms with Crippen molar-refractivity contribution in [3.8, 4) is 0 Å². The average molecular weight is 195 g/mol. The van der Waals surface area contributed by atoms with Crippen molar-refractivity contribution in [1.82, 2.24) is 4.90 Å². The first-order chi connectivity index (χ1) is 6.76. The van der Waals surface area contributed by atoms with Gasteiger partial charge in [-0.25, -0.2) is 0 Å². The van der Waals surface area contributed by atoms with E-state index < -0.39 is 0 Å². The van der Waals surface area contributed by atoms with Gasteiger partial charge < -0.3 is 4.90 Å². The number of nitrogens with zero attached hydrogens (tertiary/aromatic N) is 1. The van der Waals surface area contributed by atoms with Gasteiger partial charge in [-0.2, -0.15) is 0 Å². The van der Waals surface area contributed by atoms with E-state index in [9.17, 15) is 4.79 Å². The molecule has 2 fully saturated rings. The molecule has 2 nitrogen and oxygen atoms in total. The van der Waals surface area contributed by atoms with Crippen LogP contribution in [0.4, 0.5) is 0 Å². The smallest absolute Gasteiger partial charge is 0.140 e. The van der Waals surface area contributed by atoms with Gasteiger partial charge in [-0.3, -0.25) is 4.79 Å². The Morgan fingerprint density at radius 1 is 1.29 bits per heavy atom. The van der Waals surface area contributed by atoms with Gasteiger partial charge in [0.25, 0.3) is 0 Å². The lowest BCUT2D eigenvalue weighted by atomic mass is 9.87. The summed E-state index contributed by atoms with van der Waals surface area (Å²) < 4.78 is 0. The van der Waals surface area contributed by atoms with Crippen LogP contribution in [0, 0.1) is 17.8 Å². The van der Waals surface area contributed by atoms with Crippen molar-refractivity contribution >= 4 is 5.78 Å². The van der Waals surface area contributed by atoms with Crippen LogP contribution >= 0.6 is 0 Å². The Labute approximate surface area is 86.7 Å². The molecule has 2 aliphatic carbocycles. The number of fused-ring (bicyclic) bond motifs is 2. The molecule has 0 heterocycles. The third-order valence-electron chi connectivity index (χ3n) is 4.16. The van der Waals surface area contributed by atoms with Crippen molar-refractivity contribution < 1.29 is 4.79 Å². The van der Waals surface area contributed by atoms with Crippen LogP contribution in [0.3, 0.4) is 0 Å². The first kappa shape index (κ1) is 10.2. The van der Waals surface area contributed by atoms with Gasteiger partial charge in [0.2, 0.25) is 0 Å². The van der Waals surface area contributed by atoms with Crippen LogP contribution in [0.15, 0.2) is 0 Å². The minimum Gasteiger partial charge on any atom is -0.303 e. The standard InChI is InChI=1S/C12H21NO/c1-3-13(4-2)8-11-9-5-6-10(7-9)12(11)14/h9-11H,3-8H2,1-2H3. The van der Waals surface area contributed by atoms with E-state index in [2.05, 4.69) is 18.7 Å². The van der Waals surface area contributed by atoms with Gasteiger partial charge in [0, 0.05) is 18.4 Å². The average Bonchev–Trinajstić information content (AvgIpc) is 2.77. The van der Waals surface area contributed by atoms with Crippen LogP contribution in [-0.2, 0) is 4.79 Å². The molecule has 0 amide bonds. The zero-order valence-corrected chi connectivity index (χ0v) is 9.33. The summed E-state index contributed by atoms with van der Waals surface area (Å²) >= 11 is 0. The third kappa shape index (κ3) is 1.60. The third-order valence-corrected chi connectivity index (χ3v) is 4.16. The molecule has 0 spiro atoms. The maximum Gasteiger partial charge on any atom is 0.140 e. The van der Waals surface area contributed by atoms with Crippen LogP contribution in [0.1, 0.15) is 33.1 Å². The molecule has 0 aromatic heterocycles. The van der Waals surface area contributed by atoms with Crippen molar-refractivity contribution in [1.29, 1.82) is 0 Å². The van der Waals surface area contributed by atoms with Gasteiger partial charge in [0.15, 0.2) is 0 Å². The molecule has 2 rings (SSSR count). The van der Waals surface area contributed by atoms with Gasteiger partial charge in [-0.1, -0.05) is 13.8 Å². The highest BCUT2D eigenvalue weighted by Gasteiger charge is 2.46. The molecule has 0 aliphatic heterocycles. The molecular formula is C12H21NO. The maximum atomic E-state index is 11.9. The van der Waals surface area contributed by atoms with E-state index in [1.54, 1.807) is 0 Å². The summed E-state index contributed by atoms with van der Waals surface area (Å²) in [7, 11) is 0. The summed E-state index contributed by atoms with van der Waals surface area (Å²) in [6, 6.07) is 0. The Kier molecular flexibility index (Phi) is 2.91. The number of carbonyl (C=O) groups excluding carboxylic acids is 1. The SMILES string of the molecule is CCN(CC)CC1C(=O)C2CCC1C2. The molecule has 2 aliphatic rings. The molecular weight excluding hydrogens is 174 g/mol. The zero-order valence-electron chi connectivity index (χ0n) is 9.33. The molecule has 80 valence electrons. The van der Waals surface area contributed by atoms with Crippen LogP contribution in [0.2, 0.25) is 0 Å². The second-order valence-corrected chi connectivity index (χ2v) is 4.76. The van der Waals surface area contributed by atoms with Gasteiger partial charge >= 0.3 is 0 Å². The minimum absolute atomic E-state index is 0.383. The van der Waals surface area contributed by atoms with Crippen LogP contribution in [-0.4, -0.2) is 30.3 Å². The molecule has 2 bridgehead atoms. The summed E-state index contributed by atoms with van der Waals surface area (Å²) in [5.41, 5.74) is 0. The topological polar surface area (TPSA) is 20.3 Å².